The molecule has 0 fully saturated rings. The Hall–Kier alpha value is -3.63. The van der Waals surface area contributed by atoms with E-state index < -0.39 is 13.2 Å². The van der Waals surface area contributed by atoms with E-state index in [2.05, 4.69) is 6.92 Å². The molecule has 7 heteroatoms. The van der Waals surface area contributed by atoms with E-state index in [0.717, 1.165) is 30.2 Å². The monoisotopic (exact) mass is 475 g/mol. The van der Waals surface area contributed by atoms with Crippen molar-refractivity contribution >= 4 is 24.7 Å². The summed E-state index contributed by atoms with van der Waals surface area (Å²) in [5.41, 5.74) is 2.81. The van der Waals surface area contributed by atoms with E-state index in [0.29, 0.717) is 28.0 Å². The molecule has 34 heavy (non-hydrogen) atoms. The van der Waals surface area contributed by atoms with Crippen LogP contribution in [0.2, 0.25) is 0 Å². The van der Waals surface area contributed by atoms with Gasteiger partial charge in [0.05, 0.1) is 10.5 Å². The molecule has 4 aromatic carbocycles. The first kappa shape index (κ1) is 23.5. The van der Waals surface area contributed by atoms with Crippen LogP contribution in [0.3, 0.4) is 0 Å². The minimum atomic E-state index is -3.01. The number of unbranched alkanes of at least 4 members (excludes halogenated alkanes) is 1. The number of nitro benzene ring substituents is 1. The standard InChI is InChI=1S/C27H26NO5P/c1-3-4-9-20-13-16-22(17-14-20)32-34(31)33-27-23-11-6-5-10-21(23)15-18-24(27)26-19(2)8-7-12-25(26)28(29)30/h5-8,10-18,34H,3-4,9H2,1-2H3. The lowest BCUT2D eigenvalue weighted by molar-refractivity contribution is -0.384. The summed E-state index contributed by atoms with van der Waals surface area (Å²) < 4.78 is 24.5. The van der Waals surface area contributed by atoms with Gasteiger partial charge < -0.3 is 9.05 Å². The van der Waals surface area contributed by atoms with Crippen LogP contribution in [0.15, 0.2) is 78.9 Å². The first-order chi connectivity index (χ1) is 16.5. The molecule has 0 radical (unpaired) electrons. The van der Waals surface area contributed by atoms with Crippen LogP contribution in [0, 0.1) is 17.0 Å². The lowest BCUT2D eigenvalue weighted by atomic mass is 9.95. The summed E-state index contributed by atoms with van der Waals surface area (Å²) >= 11 is 0. The Kier molecular flexibility index (Phi) is 7.29. The van der Waals surface area contributed by atoms with Crippen LogP contribution in [-0.2, 0) is 11.0 Å². The molecule has 6 nitrogen and oxygen atoms in total. The Morgan fingerprint density at radius 1 is 0.912 bits per heavy atom. The van der Waals surface area contributed by atoms with Gasteiger partial charge in [-0.25, -0.2) is 4.57 Å². The van der Waals surface area contributed by atoms with Gasteiger partial charge in [-0.2, -0.15) is 0 Å². The molecule has 0 aliphatic rings. The summed E-state index contributed by atoms with van der Waals surface area (Å²) in [5.74, 6) is 0.756. The van der Waals surface area contributed by atoms with Crippen LogP contribution in [0.5, 0.6) is 11.5 Å². The molecule has 0 aromatic heterocycles. The van der Waals surface area contributed by atoms with Crippen molar-refractivity contribution < 1.29 is 18.5 Å². The van der Waals surface area contributed by atoms with Crippen molar-refractivity contribution in [2.24, 2.45) is 0 Å². The highest BCUT2D eigenvalue weighted by Crippen LogP contribution is 2.45. The van der Waals surface area contributed by atoms with E-state index in [1.54, 1.807) is 37.3 Å². The lowest BCUT2D eigenvalue weighted by Gasteiger charge is -2.16. The third kappa shape index (κ3) is 5.13. The van der Waals surface area contributed by atoms with Crippen LogP contribution in [-0.4, -0.2) is 4.92 Å². The topological polar surface area (TPSA) is 78.7 Å². The first-order valence-electron chi connectivity index (χ1n) is 11.2. The molecule has 174 valence electrons. The predicted molar refractivity (Wildman–Crippen MR) is 136 cm³/mol. The Labute approximate surface area is 199 Å². The van der Waals surface area contributed by atoms with Crippen LogP contribution in [0.4, 0.5) is 5.69 Å². The van der Waals surface area contributed by atoms with Gasteiger partial charge in [0.2, 0.25) is 0 Å². The molecule has 0 N–H and O–H groups in total. The van der Waals surface area contributed by atoms with E-state index in [4.69, 9.17) is 9.05 Å². The highest BCUT2D eigenvalue weighted by molar-refractivity contribution is 7.34. The summed E-state index contributed by atoms with van der Waals surface area (Å²) in [6, 6.07) is 23.5. The normalized spacial score (nSPS) is 11.8. The van der Waals surface area contributed by atoms with Gasteiger partial charge in [0.1, 0.15) is 11.5 Å². The molecular weight excluding hydrogens is 449 g/mol. The summed E-state index contributed by atoms with van der Waals surface area (Å²) in [7, 11) is -3.01. The number of hydrogen-bond acceptors (Lipinski definition) is 5. The molecule has 1 atom stereocenters. The number of fused-ring (bicyclic) bond motifs is 1. The summed E-state index contributed by atoms with van der Waals surface area (Å²) in [5, 5.41) is 13.3. The maximum Gasteiger partial charge on any atom is 0.419 e. The number of aryl methyl sites for hydroxylation is 2. The van der Waals surface area contributed by atoms with Crippen LogP contribution in [0.25, 0.3) is 21.9 Å². The van der Waals surface area contributed by atoms with E-state index >= 15 is 0 Å². The zero-order valence-corrected chi connectivity index (χ0v) is 20.1. The lowest BCUT2D eigenvalue weighted by Crippen LogP contribution is -1.98. The zero-order valence-electron chi connectivity index (χ0n) is 19.1. The Morgan fingerprint density at radius 2 is 1.68 bits per heavy atom. The average Bonchev–Trinajstić information content (AvgIpc) is 2.84. The van der Waals surface area contributed by atoms with Crippen molar-refractivity contribution in [2.45, 2.75) is 33.1 Å². The molecule has 0 aliphatic carbocycles. The SMILES string of the molecule is CCCCc1ccc(O[PH](=O)Oc2c(-c3c(C)cccc3[N+](=O)[O-])ccc3ccccc23)cc1. The number of nitro groups is 1. The Bertz CT molecular complexity index is 1350. The maximum atomic E-state index is 13.0. The van der Waals surface area contributed by atoms with Gasteiger partial charge in [0.25, 0.3) is 5.69 Å². The van der Waals surface area contributed by atoms with Gasteiger partial charge in [0, 0.05) is 17.0 Å². The van der Waals surface area contributed by atoms with E-state index in [-0.39, 0.29) is 5.69 Å². The molecule has 0 amide bonds. The van der Waals surface area contributed by atoms with Gasteiger partial charge in [-0.15, -0.1) is 0 Å². The van der Waals surface area contributed by atoms with Gasteiger partial charge in [-0.3, -0.25) is 10.1 Å². The van der Waals surface area contributed by atoms with Gasteiger partial charge in [-0.05, 0) is 54.5 Å². The molecule has 0 bridgehead atoms. The summed E-state index contributed by atoms with van der Waals surface area (Å²) in [4.78, 5) is 11.3. The fourth-order valence-electron chi connectivity index (χ4n) is 4.01. The highest BCUT2D eigenvalue weighted by Gasteiger charge is 2.23. The van der Waals surface area contributed by atoms with Crippen LogP contribution in [0.1, 0.15) is 30.9 Å². The summed E-state index contributed by atoms with van der Waals surface area (Å²) in [6.45, 7) is 3.95. The molecular formula is C27H26NO5P. The molecule has 4 rings (SSSR count). The van der Waals surface area contributed by atoms with E-state index in [1.807, 2.05) is 42.5 Å². The Morgan fingerprint density at radius 3 is 2.41 bits per heavy atom. The smallest absolute Gasteiger partial charge is 0.418 e. The zero-order chi connectivity index (χ0) is 24.1. The Balaban J connectivity index is 1.71. The molecule has 0 aliphatic heterocycles. The van der Waals surface area contributed by atoms with Crippen molar-refractivity contribution in [2.75, 3.05) is 0 Å². The molecule has 0 heterocycles. The third-order valence-electron chi connectivity index (χ3n) is 5.73. The van der Waals surface area contributed by atoms with Crippen LogP contribution < -0.4 is 9.05 Å². The second kappa shape index (κ2) is 10.5. The first-order valence-corrected chi connectivity index (χ1v) is 12.4. The molecule has 0 spiro atoms. The largest absolute Gasteiger partial charge is 0.419 e. The summed E-state index contributed by atoms with van der Waals surface area (Å²) in [6.07, 6.45) is 3.21. The molecule has 0 saturated heterocycles. The minimum absolute atomic E-state index is 0.0385. The van der Waals surface area contributed by atoms with E-state index in [1.165, 1.54) is 11.6 Å². The predicted octanol–water partition coefficient (Wildman–Crippen LogP) is 7.91. The minimum Gasteiger partial charge on any atom is -0.418 e. The average molecular weight is 475 g/mol. The second-order valence-corrected chi connectivity index (χ2v) is 9.00. The quantitative estimate of drug-likeness (QED) is 0.140. The highest BCUT2D eigenvalue weighted by atomic mass is 31.1. The van der Waals surface area contributed by atoms with Crippen molar-refractivity contribution in [3.05, 3.63) is 100 Å². The molecule has 0 saturated carbocycles. The van der Waals surface area contributed by atoms with Crippen molar-refractivity contribution in [3.8, 4) is 22.6 Å². The van der Waals surface area contributed by atoms with Crippen LogP contribution >= 0.6 is 8.25 Å². The van der Waals surface area contributed by atoms with Gasteiger partial charge in [-0.1, -0.05) is 67.9 Å². The fraction of sp³-hybridized carbons (Fsp3) is 0.185. The van der Waals surface area contributed by atoms with Crippen molar-refractivity contribution in [3.63, 3.8) is 0 Å². The maximum absolute atomic E-state index is 13.0. The number of nitrogens with zero attached hydrogens (tertiary/aromatic N) is 1. The van der Waals surface area contributed by atoms with Gasteiger partial charge in [0.15, 0.2) is 0 Å². The number of benzene rings is 4. The fourth-order valence-corrected chi connectivity index (χ4v) is 4.77. The number of rotatable bonds is 9. The van der Waals surface area contributed by atoms with Crippen molar-refractivity contribution in [1.29, 1.82) is 0 Å². The molecule has 1 unspecified atom stereocenters. The molecule has 4 aromatic rings. The second-order valence-electron chi connectivity index (χ2n) is 8.09. The van der Waals surface area contributed by atoms with Gasteiger partial charge >= 0.3 is 8.25 Å². The third-order valence-corrected chi connectivity index (χ3v) is 6.50. The number of hydrogen-bond donors (Lipinski definition) is 0. The van der Waals surface area contributed by atoms with E-state index in [9.17, 15) is 14.7 Å². The van der Waals surface area contributed by atoms with Crippen molar-refractivity contribution in [1.82, 2.24) is 0 Å².